The number of hydrogen-bond donors (Lipinski definition) is 2. The Labute approximate surface area is 144 Å². The fourth-order valence-corrected chi connectivity index (χ4v) is 3.28. The summed E-state index contributed by atoms with van der Waals surface area (Å²) in [6.45, 7) is 0. The van der Waals surface area contributed by atoms with E-state index in [1.807, 2.05) is 48.5 Å². The van der Waals surface area contributed by atoms with Crippen molar-refractivity contribution in [1.29, 1.82) is 0 Å². The van der Waals surface area contributed by atoms with Crippen LogP contribution in [0, 0.1) is 0 Å². The molecule has 0 fully saturated rings. The Balaban J connectivity index is 1.83. The molecular weight excluding hydrogens is 338 g/mol. The summed E-state index contributed by atoms with van der Waals surface area (Å²) < 4.78 is 27.5. The second-order valence-electron chi connectivity index (χ2n) is 5.67. The molecule has 2 heterocycles. The average molecular weight is 353 g/mol. The highest BCUT2D eigenvalue weighted by Gasteiger charge is 2.15. The van der Waals surface area contributed by atoms with Crippen LogP contribution in [0.5, 0.6) is 0 Å². The normalized spacial score (nSPS) is 11.7. The van der Waals surface area contributed by atoms with Gasteiger partial charge in [0.2, 0.25) is 10.0 Å². The molecule has 7 nitrogen and oxygen atoms in total. The topological polar surface area (TPSA) is 92.2 Å². The van der Waals surface area contributed by atoms with E-state index in [0.29, 0.717) is 17.2 Å². The fourth-order valence-electron chi connectivity index (χ4n) is 2.70. The van der Waals surface area contributed by atoms with Crippen LogP contribution in [0.3, 0.4) is 0 Å². The third-order valence-electron chi connectivity index (χ3n) is 3.74. The summed E-state index contributed by atoms with van der Waals surface area (Å²) in [7, 11) is -3.37. The van der Waals surface area contributed by atoms with Gasteiger partial charge < -0.3 is 0 Å². The zero-order chi connectivity index (χ0) is 17.4. The molecule has 0 aliphatic carbocycles. The van der Waals surface area contributed by atoms with Crippen LogP contribution >= 0.6 is 0 Å². The summed E-state index contributed by atoms with van der Waals surface area (Å²) in [6.07, 6.45) is 1.13. The molecule has 0 saturated carbocycles. The van der Waals surface area contributed by atoms with E-state index in [4.69, 9.17) is 0 Å². The SMILES string of the molecule is CS(=O)(=O)Nc1ccccc1-c1cc2nnc(-c3ccccc3)n2[nH]1. The van der Waals surface area contributed by atoms with Crippen molar-refractivity contribution in [2.24, 2.45) is 0 Å². The minimum atomic E-state index is -3.37. The van der Waals surface area contributed by atoms with Crippen LogP contribution in [0.1, 0.15) is 0 Å². The zero-order valence-electron chi connectivity index (χ0n) is 13.3. The number of para-hydroxylation sites is 1. The number of rotatable bonds is 4. The second kappa shape index (κ2) is 5.75. The quantitative estimate of drug-likeness (QED) is 0.590. The lowest BCUT2D eigenvalue weighted by Gasteiger charge is -2.09. The molecule has 126 valence electrons. The minimum Gasteiger partial charge on any atom is -0.290 e. The molecule has 0 amide bonds. The van der Waals surface area contributed by atoms with Gasteiger partial charge in [-0.25, -0.2) is 12.9 Å². The van der Waals surface area contributed by atoms with Crippen molar-refractivity contribution < 1.29 is 8.42 Å². The van der Waals surface area contributed by atoms with Crippen LogP contribution in [0.15, 0.2) is 60.7 Å². The number of aromatic amines is 1. The maximum Gasteiger partial charge on any atom is 0.229 e. The first-order valence-corrected chi connectivity index (χ1v) is 9.47. The molecule has 2 N–H and O–H groups in total. The van der Waals surface area contributed by atoms with Crippen molar-refractivity contribution >= 4 is 21.4 Å². The monoisotopic (exact) mass is 353 g/mol. The van der Waals surface area contributed by atoms with Gasteiger partial charge in [0.15, 0.2) is 11.5 Å². The molecule has 0 spiro atoms. The van der Waals surface area contributed by atoms with E-state index in [0.717, 1.165) is 23.1 Å². The van der Waals surface area contributed by atoms with Gasteiger partial charge in [-0.3, -0.25) is 9.82 Å². The van der Waals surface area contributed by atoms with Crippen molar-refractivity contribution in [3.63, 3.8) is 0 Å². The van der Waals surface area contributed by atoms with Gasteiger partial charge in [-0.1, -0.05) is 48.5 Å². The Kier molecular flexibility index (Phi) is 3.54. The average Bonchev–Trinajstić information content (AvgIpc) is 3.15. The molecule has 25 heavy (non-hydrogen) atoms. The van der Waals surface area contributed by atoms with Gasteiger partial charge in [0.05, 0.1) is 17.6 Å². The highest BCUT2D eigenvalue weighted by atomic mass is 32.2. The molecule has 2 aromatic carbocycles. The van der Waals surface area contributed by atoms with E-state index >= 15 is 0 Å². The molecule has 0 saturated heterocycles. The molecule has 0 unspecified atom stereocenters. The molecule has 0 aliphatic heterocycles. The van der Waals surface area contributed by atoms with Crippen LogP contribution in [-0.2, 0) is 10.0 Å². The van der Waals surface area contributed by atoms with E-state index in [1.165, 1.54) is 0 Å². The summed E-state index contributed by atoms with van der Waals surface area (Å²) in [6, 6.07) is 18.7. The number of H-pyrrole nitrogens is 1. The van der Waals surface area contributed by atoms with Gasteiger partial charge in [0.25, 0.3) is 0 Å². The van der Waals surface area contributed by atoms with E-state index in [-0.39, 0.29) is 0 Å². The smallest absolute Gasteiger partial charge is 0.229 e. The van der Waals surface area contributed by atoms with E-state index in [9.17, 15) is 8.42 Å². The van der Waals surface area contributed by atoms with Crippen molar-refractivity contribution in [2.45, 2.75) is 0 Å². The Morgan fingerprint density at radius 2 is 1.72 bits per heavy atom. The summed E-state index contributed by atoms with van der Waals surface area (Å²) in [5.41, 5.74) is 3.57. The summed E-state index contributed by atoms with van der Waals surface area (Å²) in [4.78, 5) is 0. The molecular formula is C17H15N5O2S. The molecule has 0 radical (unpaired) electrons. The van der Waals surface area contributed by atoms with Gasteiger partial charge in [-0.2, -0.15) is 0 Å². The van der Waals surface area contributed by atoms with Crippen LogP contribution in [0.25, 0.3) is 28.3 Å². The van der Waals surface area contributed by atoms with Gasteiger partial charge >= 0.3 is 0 Å². The Morgan fingerprint density at radius 3 is 2.48 bits per heavy atom. The van der Waals surface area contributed by atoms with Crippen LogP contribution in [0.2, 0.25) is 0 Å². The van der Waals surface area contributed by atoms with Crippen LogP contribution in [0.4, 0.5) is 5.69 Å². The highest BCUT2D eigenvalue weighted by molar-refractivity contribution is 7.92. The highest BCUT2D eigenvalue weighted by Crippen LogP contribution is 2.29. The van der Waals surface area contributed by atoms with E-state index < -0.39 is 10.0 Å². The van der Waals surface area contributed by atoms with Gasteiger partial charge in [0, 0.05) is 17.2 Å². The zero-order valence-corrected chi connectivity index (χ0v) is 14.2. The molecule has 4 rings (SSSR count). The predicted molar refractivity (Wildman–Crippen MR) is 96.7 cm³/mol. The lowest BCUT2D eigenvalue weighted by atomic mass is 10.1. The summed E-state index contributed by atoms with van der Waals surface area (Å²) >= 11 is 0. The Morgan fingerprint density at radius 1 is 1.00 bits per heavy atom. The first-order chi connectivity index (χ1) is 12.0. The largest absolute Gasteiger partial charge is 0.290 e. The van der Waals surface area contributed by atoms with Crippen LogP contribution in [-0.4, -0.2) is 34.5 Å². The van der Waals surface area contributed by atoms with E-state index in [1.54, 1.807) is 16.6 Å². The number of anilines is 1. The van der Waals surface area contributed by atoms with Crippen molar-refractivity contribution in [3.05, 3.63) is 60.7 Å². The Bertz CT molecular complexity index is 1150. The predicted octanol–water partition coefficient (Wildman–Crippen LogP) is 2.76. The van der Waals surface area contributed by atoms with Crippen molar-refractivity contribution in [2.75, 3.05) is 11.0 Å². The second-order valence-corrected chi connectivity index (χ2v) is 7.42. The Hall–Kier alpha value is -3.13. The number of hydrogen-bond acceptors (Lipinski definition) is 4. The molecule has 2 aromatic heterocycles. The van der Waals surface area contributed by atoms with Gasteiger partial charge in [-0.15, -0.1) is 10.2 Å². The first kappa shape index (κ1) is 15.4. The molecule has 0 atom stereocenters. The third kappa shape index (κ3) is 2.99. The number of fused-ring (bicyclic) bond motifs is 1. The number of aromatic nitrogens is 4. The minimum absolute atomic E-state index is 0.503. The van der Waals surface area contributed by atoms with Crippen molar-refractivity contribution in [3.8, 4) is 22.6 Å². The number of nitrogens with one attached hydrogen (secondary N) is 2. The first-order valence-electron chi connectivity index (χ1n) is 7.58. The maximum absolute atomic E-state index is 11.6. The van der Waals surface area contributed by atoms with Gasteiger partial charge in [0.1, 0.15) is 0 Å². The number of nitrogens with zero attached hydrogens (tertiary/aromatic N) is 3. The standard InChI is InChI=1S/C17H15N5O2S/c1-25(23,24)21-14-10-6-5-9-13(14)15-11-16-18-19-17(22(16)20-15)12-7-3-2-4-8-12/h2-11,20-21H,1H3. The lowest BCUT2D eigenvalue weighted by molar-refractivity contribution is 0.607. The van der Waals surface area contributed by atoms with E-state index in [2.05, 4.69) is 20.0 Å². The lowest BCUT2D eigenvalue weighted by Crippen LogP contribution is -2.10. The van der Waals surface area contributed by atoms with Crippen molar-refractivity contribution in [1.82, 2.24) is 19.8 Å². The molecule has 4 aromatic rings. The summed E-state index contributed by atoms with van der Waals surface area (Å²) in [5.74, 6) is 0.690. The third-order valence-corrected chi connectivity index (χ3v) is 4.33. The van der Waals surface area contributed by atoms with Gasteiger partial charge in [-0.05, 0) is 6.07 Å². The fraction of sp³-hybridized carbons (Fsp3) is 0.0588. The molecule has 0 aliphatic rings. The number of sulfonamides is 1. The maximum atomic E-state index is 11.6. The molecule has 8 heteroatoms. The van der Waals surface area contributed by atoms with Crippen LogP contribution < -0.4 is 4.72 Å². The molecule has 0 bridgehead atoms. The summed E-state index contributed by atoms with van der Waals surface area (Å²) in [5, 5.41) is 11.6. The number of benzene rings is 2.